The molecule has 0 fully saturated rings. The molecule has 21 heavy (non-hydrogen) atoms. The van der Waals surface area contributed by atoms with Crippen LogP contribution in [-0.4, -0.2) is 21.3 Å². The molecule has 0 radical (unpaired) electrons. The van der Waals surface area contributed by atoms with Crippen LogP contribution in [0.4, 0.5) is 0 Å². The molecule has 0 heterocycles. The third-order valence-electron chi connectivity index (χ3n) is 3.59. The van der Waals surface area contributed by atoms with Gasteiger partial charge in [-0.05, 0) is 24.1 Å². The van der Waals surface area contributed by atoms with Crippen LogP contribution in [0.3, 0.4) is 0 Å². The number of ether oxygens (including phenoxy) is 3. The van der Waals surface area contributed by atoms with Gasteiger partial charge in [0.25, 0.3) is 0 Å². The van der Waals surface area contributed by atoms with Gasteiger partial charge in [0, 0.05) is 11.6 Å². The van der Waals surface area contributed by atoms with Crippen molar-refractivity contribution in [1.29, 1.82) is 0 Å². The van der Waals surface area contributed by atoms with E-state index in [-0.39, 0.29) is 6.04 Å². The van der Waals surface area contributed by atoms with E-state index in [1.807, 2.05) is 37.3 Å². The molecule has 4 nitrogen and oxygen atoms in total. The lowest BCUT2D eigenvalue weighted by molar-refractivity contribution is 0.347. The van der Waals surface area contributed by atoms with Crippen molar-refractivity contribution in [3.05, 3.63) is 53.1 Å². The SMILES string of the molecule is COc1cc(OC)c(C(N)c2ccccc2C)cc1OC. The molecule has 0 saturated carbocycles. The Morgan fingerprint density at radius 1 is 0.810 bits per heavy atom. The van der Waals surface area contributed by atoms with Crippen molar-refractivity contribution in [2.45, 2.75) is 13.0 Å². The molecule has 2 aromatic rings. The average Bonchev–Trinajstić information content (AvgIpc) is 2.53. The fourth-order valence-corrected chi connectivity index (χ4v) is 2.40. The van der Waals surface area contributed by atoms with Gasteiger partial charge in [0.05, 0.1) is 27.4 Å². The van der Waals surface area contributed by atoms with Crippen LogP contribution in [0.15, 0.2) is 36.4 Å². The second-order valence-corrected chi connectivity index (χ2v) is 4.78. The van der Waals surface area contributed by atoms with E-state index in [0.717, 1.165) is 16.7 Å². The number of benzene rings is 2. The van der Waals surface area contributed by atoms with Gasteiger partial charge in [-0.2, -0.15) is 0 Å². The molecule has 0 aliphatic rings. The molecular formula is C17H21NO3. The molecule has 0 aliphatic heterocycles. The first-order chi connectivity index (χ1) is 10.1. The van der Waals surface area contributed by atoms with E-state index in [4.69, 9.17) is 19.9 Å². The molecule has 2 N–H and O–H groups in total. The van der Waals surface area contributed by atoms with Crippen LogP contribution < -0.4 is 19.9 Å². The Labute approximate surface area is 125 Å². The molecule has 0 bridgehead atoms. The summed E-state index contributed by atoms with van der Waals surface area (Å²) in [7, 11) is 4.82. The predicted octanol–water partition coefficient (Wildman–Crippen LogP) is 3.07. The Kier molecular flexibility index (Phi) is 4.70. The second-order valence-electron chi connectivity index (χ2n) is 4.78. The van der Waals surface area contributed by atoms with Crippen LogP contribution in [0.2, 0.25) is 0 Å². The summed E-state index contributed by atoms with van der Waals surface area (Å²) in [5.41, 5.74) is 9.50. The average molecular weight is 287 g/mol. The van der Waals surface area contributed by atoms with Crippen molar-refractivity contribution in [2.24, 2.45) is 5.73 Å². The molecule has 0 spiro atoms. The van der Waals surface area contributed by atoms with Crippen molar-refractivity contribution in [3.63, 3.8) is 0 Å². The molecule has 1 unspecified atom stereocenters. The summed E-state index contributed by atoms with van der Waals surface area (Å²) in [6, 6.07) is 11.4. The van der Waals surface area contributed by atoms with Gasteiger partial charge in [-0.15, -0.1) is 0 Å². The molecule has 0 aliphatic carbocycles. The van der Waals surface area contributed by atoms with Crippen molar-refractivity contribution in [3.8, 4) is 17.2 Å². The van der Waals surface area contributed by atoms with Crippen molar-refractivity contribution < 1.29 is 14.2 Å². The van der Waals surface area contributed by atoms with Crippen molar-refractivity contribution in [1.82, 2.24) is 0 Å². The Bertz CT molecular complexity index is 625. The van der Waals surface area contributed by atoms with E-state index in [0.29, 0.717) is 17.2 Å². The molecule has 112 valence electrons. The lowest BCUT2D eigenvalue weighted by Crippen LogP contribution is -2.14. The number of methoxy groups -OCH3 is 3. The fraction of sp³-hybridized carbons (Fsp3) is 0.294. The molecule has 0 aromatic heterocycles. The monoisotopic (exact) mass is 287 g/mol. The first kappa shape index (κ1) is 15.2. The highest BCUT2D eigenvalue weighted by Crippen LogP contribution is 2.38. The molecular weight excluding hydrogens is 266 g/mol. The van der Waals surface area contributed by atoms with Crippen LogP contribution in [0.1, 0.15) is 22.7 Å². The lowest BCUT2D eigenvalue weighted by atomic mass is 9.95. The largest absolute Gasteiger partial charge is 0.496 e. The minimum Gasteiger partial charge on any atom is -0.496 e. The summed E-state index contributed by atoms with van der Waals surface area (Å²) >= 11 is 0. The maximum Gasteiger partial charge on any atom is 0.164 e. The van der Waals surface area contributed by atoms with Gasteiger partial charge in [-0.25, -0.2) is 0 Å². The first-order valence-corrected chi connectivity index (χ1v) is 6.73. The van der Waals surface area contributed by atoms with E-state index in [9.17, 15) is 0 Å². The number of hydrogen-bond acceptors (Lipinski definition) is 4. The molecule has 2 aromatic carbocycles. The van der Waals surface area contributed by atoms with Crippen LogP contribution in [0.25, 0.3) is 0 Å². The topological polar surface area (TPSA) is 53.7 Å². The first-order valence-electron chi connectivity index (χ1n) is 6.73. The fourth-order valence-electron chi connectivity index (χ4n) is 2.40. The zero-order chi connectivity index (χ0) is 15.4. The third-order valence-corrected chi connectivity index (χ3v) is 3.59. The van der Waals surface area contributed by atoms with Gasteiger partial charge in [-0.3, -0.25) is 0 Å². The zero-order valence-corrected chi connectivity index (χ0v) is 12.8. The van der Waals surface area contributed by atoms with Crippen LogP contribution >= 0.6 is 0 Å². The Morgan fingerprint density at radius 3 is 1.95 bits per heavy atom. The van der Waals surface area contributed by atoms with Crippen molar-refractivity contribution >= 4 is 0 Å². The maximum absolute atomic E-state index is 6.43. The van der Waals surface area contributed by atoms with Gasteiger partial charge in [0.2, 0.25) is 0 Å². The summed E-state index contributed by atoms with van der Waals surface area (Å²) in [4.78, 5) is 0. The Balaban J connectivity index is 2.54. The Morgan fingerprint density at radius 2 is 1.38 bits per heavy atom. The highest BCUT2D eigenvalue weighted by Gasteiger charge is 2.19. The second kappa shape index (κ2) is 6.50. The molecule has 2 rings (SSSR count). The van der Waals surface area contributed by atoms with Gasteiger partial charge < -0.3 is 19.9 Å². The van der Waals surface area contributed by atoms with Crippen LogP contribution in [0.5, 0.6) is 17.2 Å². The smallest absolute Gasteiger partial charge is 0.164 e. The normalized spacial score (nSPS) is 11.9. The number of hydrogen-bond donors (Lipinski definition) is 1. The Hall–Kier alpha value is -2.20. The summed E-state index contributed by atoms with van der Waals surface area (Å²) in [6.45, 7) is 2.04. The summed E-state index contributed by atoms with van der Waals surface area (Å²) < 4.78 is 16.1. The lowest BCUT2D eigenvalue weighted by Gasteiger charge is -2.20. The summed E-state index contributed by atoms with van der Waals surface area (Å²) in [6.07, 6.45) is 0. The van der Waals surface area contributed by atoms with Crippen LogP contribution in [-0.2, 0) is 0 Å². The zero-order valence-electron chi connectivity index (χ0n) is 12.8. The number of aryl methyl sites for hydroxylation is 1. The molecule has 0 saturated heterocycles. The highest BCUT2D eigenvalue weighted by atomic mass is 16.5. The summed E-state index contributed by atoms with van der Waals surface area (Å²) in [5, 5.41) is 0. The maximum atomic E-state index is 6.43. The third kappa shape index (κ3) is 2.95. The van der Waals surface area contributed by atoms with Gasteiger partial charge >= 0.3 is 0 Å². The van der Waals surface area contributed by atoms with E-state index in [1.54, 1.807) is 27.4 Å². The van der Waals surface area contributed by atoms with Gasteiger partial charge in [0.15, 0.2) is 11.5 Å². The predicted molar refractivity (Wildman–Crippen MR) is 83.3 cm³/mol. The van der Waals surface area contributed by atoms with E-state index >= 15 is 0 Å². The number of nitrogens with two attached hydrogens (primary N) is 1. The van der Waals surface area contributed by atoms with Gasteiger partial charge in [-0.1, -0.05) is 24.3 Å². The summed E-state index contributed by atoms with van der Waals surface area (Å²) in [5.74, 6) is 1.94. The molecule has 0 amide bonds. The van der Waals surface area contributed by atoms with E-state index in [1.165, 1.54) is 0 Å². The van der Waals surface area contributed by atoms with E-state index < -0.39 is 0 Å². The van der Waals surface area contributed by atoms with Crippen molar-refractivity contribution in [2.75, 3.05) is 21.3 Å². The number of rotatable bonds is 5. The highest BCUT2D eigenvalue weighted by molar-refractivity contribution is 5.54. The van der Waals surface area contributed by atoms with E-state index in [2.05, 4.69) is 0 Å². The molecule has 1 atom stereocenters. The molecule has 4 heteroatoms. The van der Waals surface area contributed by atoms with Gasteiger partial charge in [0.1, 0.15) is 5.75 Å². The minimum atomic E-state index is -0.291. The minimum absolute atomic E-state index is 0.291. The standard InChI is InChI=1S/C17H21NO3/c1-11-7-5-6-8-12(11)17(18)13-9-15(20-3)16(21-4)10-14(13)19-2/h5-10,17H,18H2,1-4H3. The quantitative estimate of drug-likeness (QED) is 0.918. The van der Waals surface area contributed by atoms with Crippen LogP contribution in [0, 0.1) is 6.92 Å².